The van der Waals surface area contributed by atoms with Gasteiger partial charge in [-0.3, -0.25) is 4.79 Å². The van der Waals surface area contributed by atoms with E-state index in [0.29, 0.717) is 18.4 Å². The third-order valence-electron chi connectivity index (χ3n) is 3.93. The standard InChI is InChI=1S/C14H27NO4/c1-17-13(16)9-6-11-4-7-12(8-5-11)15-10-14(18-2)19-3/h11-12,14-15H,4-10H2,1-3H3/t11-,12-. The minimum atomic E-state index is -0.169. The van der Waals surface area contributed by atoms with Crippen LogP contribution in [0.5, 0.6) is 0 Å². The van der Waals surface area contributed by atoms with Gasteiger partial charge in [-0.05, 0) is 38.0 Å². The maximum atomic E-state index is 11.1. The Bertz CT molecular complexity index is 248. The highest BCUT2D eigenvalue weighted by Gasteiger charge is 2.22. The Morgan fingerprint density at radius 1 is 1.16 bits per heavy atom. The zero-order valence-electron chi connectivity index (χ0n) is 12.3. The molecule has 1 rings (SSSR count). The molecule has 0 unspecified atom stereocenters. The van der Waals surface area contributed by atoms with Crippen LogP contribution in [0.4, 0.5) is 0 Å². The van der Waals surface area contributed by atoms with E-state index < -0.39 is 0 Å². The lowest BCUT2D eigenvalue weighted by atomic mass is 9.83. The van der Waals surface area contributed by atoms with Crippen LogP contribution < -0.4 is 5.32 Å². The Balaban J connectivity index is 2.13. The molecule has 0 radical (unpaired) electrons. The first-order valence-corrected chi connectivity index (χ1v) is 7.05. The Labute approximate surface area is 116 Å². The lowest BCUT2D eigenvalue weighted by Gasteiger charge is -2.30. The van der Waals surface area contributed by atoms with E-state index in [2.05, 4.69) is 10.1 Å². The van der Waals surface area contributed by atoms with Crippen molar-refractivity contribution in [3.8, 4) is 0 Å². The monoisotopic (exact) mass is 273 g/mol. The summed E-state index contributed by atoms with van der Waals surface area (Å²) >= 11 is 0. The number of rotatable bonds is 8. The molecule has 19 heavy (non-hydrogen) atoms. The van der Waals surface area contributed by atoms with Crippen LogP contribution in [-0.4, -0.2) is 46.2 Å². The molecule has 1 aliphatic carbocycles. The van der Waals surface area contributed by atoms with Gasteiger partial charge in [0, 0.05) is 33.2 Å². The van der Waals surface area contributed by atoms with E-state index >= 15 is 0 Å². The summed E-state index contributed by atoms with van der Waals surface area (Å²) in [5, 5.41) is 3.48. The molecule has 0 heterocycles. The number of carbonyl (C=O) groups excluding carboxylic acids is 1. The molecule has 5 heteroatoms. The second-order valence-corrected chi connectivity index (χ2v) is 5.14. The molecule has 1 aliphatic rings. The van der Waals surface area contributed by atoms with E-state index in [-0.39, 0.29) is 12.3 Å². The molecule has 1 N–H and O–H groups in total. The molecule has 0 aromatic heterocycles. The molecular weight excluding hydrogens is 246 g/mol. The summed E-state index contributed by atoms with van der Waals surface area (Å²) in [4.78, 5) is 11.1. The van der Waals surface area contributed by atoms with Crippen LogP contribution in [0.25, 0.3) is 0 Å². The fourth-order valence-corrected chi connectivity index (χ4v) is 2.61. The molecule has 0 saturated heterocycles. The van der Waals surface area contributed by atoms with Crippen molar-refractivity contribution in [2.45, 2.75) is 50.9 Å². The molecule has 0 amide bonds. The minimum absolute atomic E-state index is 0.0942. The fraction of sp³-hybridized carbons (Fsp3) is 0.929. The lowest BCUT2D eigenvalue weighted by molar-refractivity contribution is -0.141. The first-order chi connectivity index (χ1) is 9.19. The van der Waals surface area contributed by atoms with E-state index in [4.69, 9.17) is 9.47 Å². The molecule has 0 aromatic carbocycles. The summed E-state index contributed by atoms with van der Waals surface area (Å²) in [6, 6.07) is 0.544. The minimum Gasteiger partial charge on any atom is -0.469 e. The average Bonchev–Trinajstić information content (AvgIpc) is 2.47. The van der Waals surface area contributed by atoms with Crippen molar-refractivity contribution in [1.29, 1.82) is 0 Å². The number of hydrogen-bond donors (Lipinski definition) is 1. The summed E-state index contributed by atoms with van der Waals surface area (Å²) in [6.07, 6.45) is 6.01. The molecular formula is C14H27NO4. The summed E-state index contributed by atoms with van der Waals surface area (Å²) in [7, 11) is 4.75. The second-order valence-electron chi connectivity index (χ2n) is 5.14. The van der Waals surface area contributed by atoms with E-state index in [0.717, 1.165) is 25.8 Å². The van der Waals surface area contributed by atoms with Gasteiger partial charge < -0.3 is 19.5 Å². The highest BCUT2D eigenvalue weighted by Crippen LogP contribution is 2.27. The van der Waals surface area contributed by atoms with Gasteiger partial charge in [0.2, 0.25) is 0 Å². The molecule has 0 atom stereocenters. The smallest absolute Gasteiger partial charge is 0.305 e. The summed E-state index contributed by atoms with van der Waals surface area (Å²) < 4.78 is 15.0. The van der Waals surface area contributed by atoms with Gasteiger partial charge in [-0.2, -0.15) is 0 Å². The van der Waals surface area contributed by atoms with Crippen molar-refractivity contribution in [1.82, 2.24) is 5.32 Å². The van der Waals surface area contributed by atoms with E-state index in [1.54, 1.807) is 14.2 Å². The van der Waals surface area contributed by atoms with Crippen molar-refractivity contribution in [3.63, 3.8) is 0 Å². The van der Waals surface area contributed by atoms with Gasteiger partial charge in [-0.1, -0.05) is 0 Å². The van der Waals surface area contributed by atoms with Crippen LogP contribution in [0.1, 0.15) is 38.5 Å². The second kappa shape index (κ2) is 9.28. The van der Waals surface area contributed by atoms with Crippen LogP contribution >= 0.6 is 0 Å². The number of carbonyl (C=O) groups is 1. The van der Waals surface area contributed by atoms with Crippen molar-refractivity contribution in [3.05, 3.63) is 0 Å². The van der Waals surface area contributed by atoms with Gasteiger partial charge in [0.1, 0.15) is 0 Å². The van der Waals surface area contributed by atoms with Crippen LogP contribution in [0.2, 0.25) is 0 Å². The normalized spacial score (nSPS) is 23.6. The fourth-order valence-electron chi connectivity index (χ4n) is 2.61. The number of nitrogens with one attached hydrogen (secondary N) is 1. The van der Waals surface area contributed by atoms with Crippen molar-refractivity contribution >= 4 is 5.97 Å². The predicted octanol–water partition coefficient (Wildman–Crippen LogP) is 1.71. The lowest BCUT2D eigenvalue weighted by Crippen LogP contribution is -2.39. The zero-order chi connectivity index (χ0) is 14.1. The molecule has 1 saturated carbocycles. The predicted molar refractivity (Wildman–Crippen MR) is 72.8 cm³/mol. The molecule has 5 nitrogen and oxygen atoms in total. The largest absolute Gasteiger partial charge is 0.469 e. The highest BCUT2D eigenvalue weighted by molar-refractivity contribution is 5.69. The Morgan fingerprint density at radius 2 is 1.79 bits per heavy atom. The molecule has 0 spiro atoms. The van der Waals surface area contributed by atoms with Gasteiger partial charge in [0.15, 0.2) is 6.29 Å². The molecule has 1 fully saturated rings. The zero-order valence-corrected chi connectivity index (χ0v) is 12.3. The van der Waals surface area contributed by atoms with E-state index in [1.165, 1.54) is 20.0 Å². The summed E-state index contributed by atoms with van der Waals surface area (Å²) in [6.45, 7) is 0.727. The Morgan fingerprint density at radius 3 is 2.32 bits per heavy atom. The number of esters is 1. The maximum Gasteiger partial charge on any atom is 0.305 e. The number of ether oxygens (including phenoxy) is 3. The van der Waals surface area contributed by atoms with Crippen LogP contribution in [0.15, 0.2) is 0 Å². The number of hydrogen-bond acceptors (Lipinski definition) is 5. The van der Waals surface area contributed by atoms with Crippen LogP contribution in [-0.2, 0) is 19.0 Å². The van der Waals surface area contributed by atoms with Crippen molar-refractivity contribution in [2.24, 2.45) is 5.92 Å². The topological polar surface area (TPSA) is 56.8 Å². The molecule has 0 aromatic rings. The van der Waals surface area contributed by atoms with Crippen LogP contribution in [0, 0.1) is 5.92 Å². The summed E-state index contributed by atoms with van der Waals surface area (Å²) in [5.74, 6) is 0.570. The molecule has 0 aliphatic heterocycles. The highest BCUT2D eigenvalue weighted by atomic mass is 16.7. The third-order valence-corrected chi connectivity index (χ3v) is 3.93. The van der Waals surface area contributed by atoms with E-state index in [1.807, 2.05) is 0 Å². The quantitative estimate of drug-likeness (QED) is 0.539. The third kappa shape index (κ3) is 6.36. The van der Waals surface area contributed by atoms with Gasteiger partial charge in [-0.25, -0.2) is 0 Å². The van der Waals surface area contributed by atoms with Crippen molar-refractivity contribution < 1.29 is 19.0 Å². The van der Waals surface area contributed by atoms with Gasteiger partial charge in [0.05, 0.1) is 7.11 Å². The van der Waals surface area contributed by atoms with Crippen LogP contribution in [0.3, 0.4) is 0 Å². The number of methoxy groups -OCH3 is 3. The maximum absolute atomic E-state index is 11.1. The van der Waals surface area contributed by atoms with E-state index in [9.17, 15) is 4.79 Å². The Hall–Kier alpha value is -0.650. The molecule has 112 valence electrons. The SMILES string of the molecule is COC(=O)CC[C@H]1CC[C@H](NCC(OC)OC)CC1. The first-order valence-electron chi connectivity index (χ1n) is 7.05. The Kier molecular flexibility index (Phi) is 8.02. The van der Waals surface area contributed by atoms with Crippen molar-refractivity contribution in [2.75, 3.05) is 27.9 Å². The first kappa shape index (κ1) is 16.4. The van der Waals surface area contributed by atoms with Gasteiger partial charge in [0.25, 0.3) is 0 Å². The molecule has 0 bridgehead atoms. The van der Waals surface area contributed by atoms with Gasteiger partial charge >= 0.3 is 5.97 Å². The van der Waals surface area contributed by atoms with Gasteiger partial charge in [-0.15, -0.1) is 0 Å². The average molecular weight is 273 g/mol. The summed E-state index contributed by atoms with van der Waals surface area (Å²) in [5.41, 5.74) is 0.